The van der Waals surface area contributed by atoms with E-state index >= 15 is 0 Å². The van der Waals surface area contributed by atoms with Crippen molar-refractivity contribution in [3.8, 4) is 0 Å². The molecule has 1 heterocycles. The van der Waals surface area contributed by atoms with Gasteiger partial charge in [-0.3, -0.25) is 9.59 Å². The van der Waals surface area contributed by atoms with E-state index in [1.807, 2.05) is 0 Å². The highest BCUT2D eigenvalue weighted by Crippen LogP contribution is 2.38. The van der Waals surface area contributed by atoms with Crippen molar-refractivity contribution in [2.24, 2.45) is 17.7 Å². The predicted molar refractivity (Wildman–Crippen MR) is 94.8 cm³/mol. The molecule has 0 saturated carbocycles. The first-order chi connectivity index (χ1) is 13.4. The molecule has 0 bridgehead atoms. The summed E-state index contributed by atoms with van der Waals surface area (Å²) in [6.07, 6.45) is -3.98. The van der Waals surface area contributed by atoms with Gasteiger partial charge in [0, 0.05) is 32.6 Å². The Kier molecular flexibility index (Phi) is 6.31. The highest BCUT2D eigenvalue weighted by molar-refractivity contribution is 6.08. The van der Waals surface area contributed by atoms with E-state index in [0.717, 1.165) is 30.2 Å². The van der Waals surface area contributed by atoms with E-state index in [1.54, 1.807) is 0 Å². The fourth-order valence-electron chi connectivity index (χ4n) is 3.26. The molecule has 0 spiro atoms. The largest absolute Gasteiger partial charge is 0.432 e. The number of hydrazine groups is 1. The summed E-state index contributed by atoms with van der Waals surface area (Å²) < 4.78 is 67.4. The SMILES string of the molecule is C=C/C(=C(\N(C)N)C(F)(F)F)[C@H]1CN(C)C(=O)[C@@H]1C(=O)Nc1ccc(F)cc1F. The number of carbonyl (C=O) groups is 2. The summed E-state index contributed by atoms with van der Waals surface area (Å²) in [4.78, 5) is 26.2. The van der Waals surface area contributed by atoms with Crippen LogP contribution in [-0.4, -0.2) is 48.5 Å². The van der Waals surface area contributed by atoms with Crippen LogP contribution in [-0.2, 0) is 9.59 Å². The standard InChI is InChI=1S/C18H19F5N4O2/c1-4-10(15(27(3)24)18(21,22)23)11-8-26(2)17(29)14(11)16(28)25-13-6-5-9(19)7-12(13)20/h4-7,11,14H,1,8,24H2,2-3H3,(H,25,28)/b15-10+/t11-,14+/m1/s1. The van der Waals surface area contributed by atoms with Gasteiger partial charge in [0.1, 0.15) is 23.2 Å². The van der Waals surface area contributed by atoms with Gasteiger partial charge in [-0.15, -0.1) is 0 Å². The van der Waals surface area contributed by atoms with E-state index in [1.165, 1.54) is 7.05 Å². The van der Waals surface area contributed by atoms with Crippen LogP contribution in [0.1, 0.15) is 0 Å². The highest BCUT2D eigenvalue weighted by atomic mass is 19.4. The first kappa shape index (κ1) is 22.3. The Balaban J connectivity index is 2.49. The van der Waals surface area contributed by atoms with Crippen molar-refractivity contribution in [2.45, 2.75) is 6.18 Å². The van der Waals surface area contributed by atoms with Crippen LogP contribution in [0.5, 0.6) is 0 Å². The molecule has 29 heavy (non-hydrogen) atoms. The summed E-state index contributed by atoms with van der Waals surface area (Å²) in [6.45, 7) is 3.16. The molecule has 1 aliphatic rings. The molecule has 1 aromatic rings. The lowest BCUT2D eigenvalue weighted by Crippen LogP contribution is -2.38. The van der Waals surface area contributed by atoms with Gasteiger partial charge in [0.2, 0.25) is 11.8 Å². The third-order valence-electron chi connectivity index (χ3n) is 4.50. The number of benzene rings is 1. The van der Waals surface area contributed by atoms with Crippen molar-refractivity contribution in [1.82, 2.24) is 9.91 Å². The second kappa shape index (κ2) is 8.19. The molecule has 1 aliphatic heterocycles. The number of nitrogens with one attached hydrogen (secondary N) is 1. The molecule has 158 valence electrons. The molecule has 0 aliphatic carbocycles. The minimum Gasteiger partial charge on any atom is -0.344 e. The Morgan fingerprint density at radius 3 is 2.48 bits per heavy atom. The van der Waals surface area contributed by atoms with E-state index < -0.39 is 58.4 Å². The van der Waals surface area contributed by atoms with Gasteiger partial charge in [0.15, 0.2) is 0 Å². The normalized spacial score (nSPS) is 20.4. The molecule has 2 atom stereocenters. The third kappa shape index (κ3) is 4.56. The van der Waals surface area contributed by atoms with Gasteiger partial charge in [-0.2, -0.15) is 13.2 Å². The zero-order valence-corrected chi connectivity index (χ0v) is 15.6. The molecule has 11 heteroatoms. The number of nitrogens with two attached hydrogens (primary N) is 1. The van der Waals surface area contributed by atoms with Crippen LogP contribution in [0.4, 0.5) is 27.6 Å². The van der Waals surface area contributed by atoms with E-state index in [0.29, 0.717) is 11.1 Å². The minimum absolute atomic E-state index is 0.211. The molecular weight excluding hydrogens is 399 g/mol. The fourth-order valence-corrected chi connectivity index (χ4v) is 3.26. The number of likely N-dealkylation sites (tertiary alicyclic amines) is 1. The van der Waals surface area contributed by atoms with Crippen LogP contribution < -0.4 is 11.2 Å². The maximum Gasteiger partial charge on any atom is 0.432 e. The zero-order valence-electron chi connectivity index (χ0n) is 15.6. The monoisotopic (exact) mass is 418 g/mol. The summed E-state index contributed by atoms with van der Waals surface area (Å²) in [6, 6.07) is 2.36. The van der Waals surface area contributed by atoms with E-state index in [9.17, 15) is 31.5 Å². The summed E-state index contributed by atoms with van der Waals surface area (Å²) in [5.41, 5.74) is -2.11. The first-order valence-corrected chi connectivity index (χ1v) is 8.31. The number of nitrogens with zero attached hydrogens (tertiary/aromatic N) is 2. The first-order valence-electron chi connectivity index (χ1n) is 8.31. The molecular formula is C18H19F5N4O2. The lowest BCUT2D eigenvalue weighted by molar-refractivity contribution is -0.135. The third-order valence-corrected chi connectivity index (χ3v) is 4.50. The number of amides is 2. The number of hydrogen-bond donors (Lipinski definition) is 2. The quantitative estimate of drug-likeness (QED) is 0.253. The number of halogens is 5. The fraction of sp³-hybridized carbons (Fsp3) is 0.333. The lowest BCUT2D eigenvalue weighted by atomic mass is 9.86. The smallest absolute Gasteiger partial charge is 0.344 e. The Hall–Kier alpha value is -2.95. The number of carbonyl (C=O) groups excluding carboxylic acids is 2. The molecule has 1 fully saturated rings. The number of allylic oxidation sites excluding steroid dienone is 2. The maximum absolute atomic E-state index is 13.8. The molecule has 2 amide bonds. The lowest BCUT2D eigenvalue weighted by Gasteiger charge is -2.26. The second-order valence-corrected chi connectivity index (χ2v) is 6.53. The van der Waals surface area contributed by atoms with Crippen LogP contribution in [0.3, 0.4) is 0 Å². The number of hydrogen-bond acceptors (Lipinski definition) is 4. The zero-order chi connectivity index (χ0) is 22.1. The summed E-state index contributed by atoms with van der Waals surface area (Å²) in [7, 11) is 2.29. The van der Waals surface area contributed by atoms with E-state index in [4.69, 9.17) is 5.84 Å². The van der Waals surface area contributed by atoms with Crippen molar-refractivity contribution in [1.29, 1.82) is 0 Å². The molecule has 6 nitrogen and oxygen atoms in total. The van der Waals surface area contributed by atoms with E-state index in [2.05, 4.69) is 11.9 Å². The highest BCUT2D eigenvalue weighted by Gasteiger charge is 2.48. The Morgan fingerprint density at radius 2 is 2.00 bits per heavy atom. The van der Waals surface area contributed by atoms with Gasteiger partial charge >= 0.3 is 6.18 Å². The molecule has 0 radical (unpaired) electrons. The Bertz CT molecular complexity index is 866. The molecule has 1 saturated heterocycles. The van der Waals surface area contributed by atoms with Gasteiger partial charge in [-0.05, 0) is 17.7 Å². The van der Waals surface area contributed by atoms with Crippen LogP contribution >= 0.6 is 0 Å². The van der Waals surface area contributed by atoms with Crippen LogP contribution in [0.2, 0.25) is 0 Å². The van der Waals surface area contributed by atoms with Gasteiger partial charge in [-0.25, -0.2) is 14.6 Å². The van der Waals surface area contributed by atoms with Gasteiger partial charge in [0.25, 0.3) is 0 Å². The van der Waals surface area contributed by atoms with Crippen LogP contribution in [0.25, 0.3) is 0 Å². The van der Waals surface area contributed by atoms with Crippen molar-refractivity contribution in [3.05, 3.63) is 53.8 Å². The average molecular weight is 418 g/mol. The van der Waals surface area contributed by atoms with Crippen molar-refractivity contribution >= 4 is 17.5 Å². The molecule has 0 unspecified atom stereocenters. The van der Waals surface area contributed by atoms with Gasteiger partial charge in [-0.1, -0.05) is 12.7 Å². The Morgan fingerprint density at radius 1 is 1.38 bits per heavy atom. The minimum atomic E-state index is -4.87. The van der Waals surface area contributed by atoms with Crippen molar-refractivity contribution in [3.63, 3.8) is 0 Å². The average Bonchev–Trinajstić information content (AvgIpc) is 2.88. The molecule has 0 aromatic heterocycles. The van der Waals surface area contributed by atoms with Crippen LogP contribution in [0, 0.1) is 23.5 Å². The van der Waals surface area contributed by atoms with Crippen LogP contribution in [0.15, 0.2) is 42.1 Å². The number of alkyl halides is 3. The van der Waals surface area contributed by atoms with Crippen molar-refractivity contribution < 1.29 is 31.5 Å². The maximum atomic E-state index is 13.8. The number of rotatable bonds is 5. The number of anilines is 1. The van der Waals surface area contributed by atoms with Gasteiger partial charge < -0.3 is 15.2 Å². The summed E-state index contributed by atoms with van der Waals surface area (Å²) >= 11 is 0. The predicted octanol–water partition coefficient (Wildman–Crippen LogP) is 2.42. The Labute approximate surface area is 163 Å². The molecule has 1 aromatic carbocycles. The molecule has 2 rings (SSSR count). The van der Waals surface area contributed by atoms with Gasteiger partial charge in [0.05, 0.1) is 5.69 Å². The molecule has 3 N–H and O–H groups in total. The summed E-state index contributed by atoms with van der Waals surface area (Å²) in [5.74, 6) is -1.25. The topological polar surface area (TPSA) is 78.7 Å². The van der Waals surface area contributed by atoms with E-state index in [-0.39, 0.29) is 6.54 Å². The second-order valence-electron chi connectivity index (χ2n) is 6.53. The summed E-state index contributed by atoms with van der Waals surface area (Å²) in [5, 5.41) is 2.48. The van der Waals surface area contributed by atoms with Crippen molar-refractivity contribution in [2.75, 3.05) is 26.0 Å².